The predicted octanol–water partition coefficient (Wildman–Crippen LogP) is 2.60. The van der Waals surface area contributed by atoms with E-state index in [0.717, 1.165) is 18.6 Å². The van der Waals surface area contributed by atoms with Crippen LogP contribution in [0.5, 0.6) is 0 Å². The quantitative estimate of drug-likeness (QED) is 0.862. The zero-order chi connectivity index (χ0) is 14.0. The summed E-state index contributed by atoms with van der Waals surface area (Å²) in [5.41, 5.74) is 6.70. The van der Waals surface area contributed by atoms with Gasteiger partial charge in [-0.25, -0.2) is 0 Å². The highest BCUT2D eigenvalue weighted by atomic mass is 15.3. The van der Waals surface area contributed by atoms with Crippen molar-refractivity contribution < 1.29 is 0 Å². The van der Waals surface area contributed by atoms with Gasteiger partial charge in [0.25, 0.3) is 0 Å². The van der Waals surface area contributed by atoms with Crippen LogP contribution < -0.4 is 5.73 Å². The number of rotatable bonds is 3. The van der Waals surface area contributed by atoms with E-state index in [4.69, 9.17) is 5.73 Å². The minimum Gasteiger partial charge on any atom is -0.329 e. The topological polar surface area (TPSA) is 32.5 Å². The van der Waals surface area contributed by atoms with Crippen LogP contribution in [0.4, 0.5) is 0 Å². The van der Waals surface area contributed by atoms with Crippen molar-refractivity contribution in [3.8, 4) is 0 Å². The summed E-state index contributed by atoms with van der Waals surface area (Å²) < 4.78 is 0. The number of fused-ring (bicyclic) bond motifs is 1. The number of piperidine rings is 1. The highest BCUT2D eigenvalue weighted by molar-refractivity contribution is 5.10. The highest BCUT2D eigenvalue weighted by Gasteiger charge is 2.51. The van der Waals surface area contributed by atoms with Crippen LogP contribution in [0.3, 0.4) is 0 Å². The fourth-order valence-electron chi connectivity index (χ4n) is 5.25. The average Bonchev–Trinajstić information content (AvgIpc) is 2.71. The summed E-state index contributed by atoms with van der Waals surface area (Å²) in [7, 11) is 0. The maximum absolute atomic E-state index is 6.41. The zero-order valence-corrected chi connectivity index (χ0v) is 13.3. The Morgan fingerprint density at radius 1 is 1.00 bits per heavy atom. The van der Waals surface area contributed by atoms with E-state index < -0.39 is 0 Å². The second-order valence-corrected chi connectivity index (χ2v) is 7.21. The van der Waals surface area contributed by atoms with Crippen molar-refractivity contribution in [2.24, 2.45) is 5.73 Å². The van der Waals surface area contributed by atoms with E-state index in [2.05, 4.69) is 16.7 Å². The molecular formula is C17H33N3. The Morgan fingerprint density at radius 3 is 2.60 bits per heavy atom. The molecule has 3 saturated heterocycles. The number of hydrogen-bond acceptors (Lipinski definition) is 3. The van der Waals surface area contributed by atoms with Crippen LogP contribution in [0.15, 0.2) is 0 Å². The molecule has 3 fully saturated rings. The van der Waals surface area contributed by atoms with Crippen molar-refractivity contribution in [3.63, 3.8) is 0 Å². The van der Waals surface area contributed by atoms with Crippen molar-refractivity contribution >= 4 is 0 Å². The van der Waals surface area contributed by atoms with Crippen molar-refractivity contribution in [2.45, 2.75) is 82.3 Å². The summed E-state index contributed by atoms with van der Waals surface area (Å²) in [5.74, 6) is 0. The van der Waals surface area contributed by atoms with E-state index in [9.17, 15) is 0 Å². The second kappa shape index (κ2) is 6.33. The lowest BCUT2D eigenvalue weighted by molar-refractivity contribution is 0.00653. The lowest BCUT2D eigenvalue weighted by Crippen LogP contribution is -2.64. The molecule has 3 heteroatoms. The molecular weight excluding hydrogens is 246 g/mol. The molecule has 3 aliphatic rings. The molecule has 2 N–H and O–H groups in total. The Morgan fingerprint density at radius 2 is 1.80 bits per heavy atom. The molecule has 3 nitrogen and oxygen atoms in total. The number of nitrogens with two attached hydrogens (primary N) is 1. The molecule has 0 aromatic rings. The first-order valence-electron chi connectivity index (χ1n) is 9.02. The molecule has 0 aromatic heterocycles. The van der Waals surface area contributed by atoms with E-state index in [-0.39, 0.29) is 0 Å². The Balaban J connectivity index is 1.86. The summed E-state index contributed by atoms with van der Waals surface area (Å²) >= 11 is 0. The zero-order valence-electron chi connectivity index (χ0n) is 13.3. The molecule has 0 radical (unpaired) electrons. The van der Waals surface area contributed by atoms with E-state index >= 15 is 0 Å². The van der Waals surface area contributed by atoms with Gasteiger partial charge >= 0.3 is 0 Å². The van der Waals surface area contributed by atoms with Crippen molar-refractivity contribution in [3.05, 3.63) is 0 Å². The monoisotopic (exact) mass is 279 g/mol. The van der Waals surface area contributed by atoms with Gasteiger partial charge in [0.15, 0.2) is 0 Å². The van der Waals surface area contributed by atoms with Gasteiger partial charge in [0.2, 0.25) is 0 Å². The minimum atomic E-state index is 0.297. The Kier molecular flexibility index (Phi) is 4.68. The van der Waals surface area contributed by atoms with E-state index in [1.54, 1.807) is 0 Å². The van der Waals surface area contributed by atoms with Gasteiger partial charge in [-0.3, -0.25) is 9.80 Å². The lowest BCUT2D eigenvalue weighted by Gasteiger charge is -2.50. The molecule has 3 heterocycles. The van der Waals surface area contributed by atoms with Gasteiger partial charge in [-0.2, -0.15) is 0 Å². The minimum absolute atomic E-state index is 0.297. The fourth-order valence-corrected chi connectivity index (χ4v) is 5.25. The molecule has 3 rings (SSSR count). The SMILES string of the molecule is CCC1CCCCCN1C1(CN)CCN2CCCCC21. The standard InChI is InChI=1S/C17H33N3/c1-2-15-8-4-3-6-12-20(15)17(14-18)10-13-19-11-7-5-9-16(17)19/h15-16H,2-14,18H2,1H3. The van der Waals surface area contributed by atoms with Crippen LogP contribution in [-0.4, -0.2) is 53.6 Å². The van der Waals surface area contributed by atoms with Crippen LogP contribution in [0.2, 0.25) is 0 Å². The fraction of sp³-hybridized carbons (Fsp3) is 1.00. The van der Waals surface area contributed by atoms with Gasteiger partial charge in [0.1, 0.15) is 0 Å². The van der Waals surface area contributed by atoms with Crippen LogP contribution in [-0.2, 0) is 0 Å². The summed E-state index contributed by atoms with van der Waals surface area (Å²) in [6.07, 6.45) is 12.4. The van der Waals surface area contributed by atoms with Gasteiger partial charge in [0, 0.05) is 25.2 Å². The average molecular weight is 279 g/mol. The number of nitrogens with zero attached hydrogens (tertiary/aromatic N) is 2. The summed E-state index contributed by atoms with van der Waals surface area (Å²) in [6, 6.07) is 1.52. The maximum atomic E-state index is 6.41. The lowest BCUT2D eigenvalue weighted by atomic mass is 9.82. The van der Waals surface area contributed by atoms with E-state index in [1.807, 2.05) is 0 Å². The van der Waals surface area contributed by atoms with Gasteiger partial charge in [-0.15, -0.1) is 0 Å². The van der Waals surface area contributed by atoms with Crippen molar-refractivity contribution in [2.75, 3.05) is 26.2 Å². The third kappa shape index (κ3) is 2.42. The highest BCUT2D eigenvalue weighted by Crippen LogP contribution is 2.41. The number of likely N-dealkylation sites (tertiary alicyclic amines) is 1. The Hall–Kier alpha value is -0.120. The molecule has 20 heavy (non-hydrogen) atoms. The normalized spacial score (nSPS) is 40.5. The van der Waals surface area contributed by atoms with Crippen LogP contribution in [0.25, 0.3) is 0 Å². The van der Waals surface area contributed by atoms with Crippen molar-refractivity contribution in [1.29, 1.82) is 0 Å². The van der Waals surface area contributed by atoms with Gasteiger partial charge < -0.3 is 5.73 Å². The first kappa shape index (κ1) is 14.8. The Labute approximate surface area is 124 Å². The molecule has 3 atom stereocenters. The predicted molar refractivity (Wildman–Crippen MR) is 84.9 cm³/mol. The van der Waals surface area contributed by atoms with Crippen molar-refractivity contribution in [1.82, 2.24) is 9.80 Å². The smallest absolute Gasteiger partial charge is 0.0501 e. The summed E-state index contributed by atoms with van der Waals surface area (Å²) in [5, 5.41) is 0. The first-order chi connectivity index (χ1) is 9.81. The Bertz CT molecular complexity index is 319. The third-order valence-corrected chi connectivity index (χ3v) is 6.34. The molecule has 0 aliphatic carbocycles. The molecule has 0 bridgehead atoms. The molecule has 116 valence electrons. The first-order valence-corrected chi connectivity index (χ1v) is 9.02. The summed E-state index contributed by atoms with van der Waals surface area (Å²) in [6.45, 7) is 7.14. The number of hydrogen-bond donors (Lipinski definition) is 1. The molecule has 0 amide bonds. The molecule has 3 aliphatic heterocycles. The van der Waals surface area contributed by atoms with E-state index in [1.165, 1.54) is 77.4 Å². The van der Waals surface area contributed by atoms with Gasteiger partial charge in [-0.05, 0) is 51.6 Å². The van der Waals surface area contributed by atoms with Crippen LogP contribution in [0, 0.1) is 0 Å². The van der Waals surface area contributed by atoms with Crippen LogP contribution in [0.1, 0.15) is 64.7 Å². The summed E-state index contributed by atoms with van der Waals surface area (Å²) in [4.78, 5) is 5.64. The van der Waals surface area contributed by atoms with E-state index in [0.29, 0.717) is 5.54 Å². The van der Waals surface area contributed by atoms with Gasteiger partial charge in [0.05, 0.1) is 5.54 Å². The molecule has 0 aromatic carbocycles. The second-order valence-electron chi connectivity index (χ2n) is 7.21. The van der Waals surface area contributed by atoms with Gasteiger partial charge in [-0.1, -0.05) is 26.2 Å². The van der Waals surface area contributed by atoms with Crippen LogP contribution >= 0.6 is 0 Å². The third-order valence-electron chi connectivity index (χ3n) is 6.34. The molecule has 3 unspecified atom stereocenters. The molecule has 0 saturated carbocycles. The molecule has 0 spiro atoms. The largest absolute Gasteiger partial charge is 0.329 e. The maximum Gasteiger partial charge on any atom is 0.0501 e.